The molecule has 2 heterocycles. The molecule has 3 aromatic rings. The Morgan fingerprint density at radius 3 is 2.83 bits per heavy atom. The van der Waals surface area contributed by atoms with Crippen LogP contribution in [0.2, 0.25) is 0 Å². The van der Waals surface area contributed by atoms with Crippen LogP contribution in [0.5, 0.6) is 5.75 Å². The fraction of sp³-hybridized carbons (Fsp3) is 0.118. The maximum absolute atomic E-state index is 12.5. The molecule has 0 atom stereocenters. The Morgan fingerprint density at radius 2 is 2.12 bits per heavy atom. The smallest absolute Gasteiger partial charge is 0.273 e. The molecule has 122 valence electrons. The third kappa shape index (κ3) is 3.26. The summed E-state index contributed by atoms with van der Waals surface area (Å²) in [5, 5.41) is 4.73. The van der Waals surface area contributed by atoms with Gasteiger partial charge in [0.25, 0.3) is 5.91 Å². The van der Waals surface area contributed by atoms with Crippen LogP contribution in [-0.2, 0) is 0 Å². The first kappa shape index (κ1) is 16.1. The lowest BCUT2D eigenvalue weighted by Crippen LogP contribution is -2.10. The van der Waals surface area contributed by atoms with E-state index >= 15 is 0 Å². The summed E-state index contributed by atoms with van der Waals surface area (Å²) < 4.78 is 11.8. The standard InChI is InChI=1S/C17H15N3O3S/c1-22-13-7-4-3-6-12(13)9-10-15(21)20-17(24-2)18-16(19-20)14-8-5-11-23-14/h3-11H,1-2H3/b10-9+. The van der Waals surface area contributed by atoms with E-state index < -0.39 is 0 Å². The molecule has 24 heavy (non-hydrogen) atoms. The SMILES string of the molecule is COc1ccccc1/C=C/C(=O)n1nc(-c2ccco2)nc1SC. The fourth-order valence-corrected chi connectivity index (χ4v) is 2.60. The molecule has 0 amide bonds. The number of furan rings is 1. The second-order valence-electron chi connectivity index (χ2n) is 4.72. The molecule has 2 aromatic heterocycles. The lowest BCUT2D eigenvalue weighted by atomic mass is 10.2. The highest BCUT2D eigenvalue weighted by Crippen LogP contribution is 2.21. The van der Waals surface area contributed by atoms with Crippen LogP contribution < -0.4 is 4.74 Å². The number of hydrogen-bond acceptors (Lipinski definition) is 6. The van der Waals surface area contributed by atoms with Crippen LogP contribution in [0.25, 0.3) is 17.7 Å². The van der Waals surface area contributed by atoms with E-state index in [1.54, 1.807) is 25.3 Å². The highest BCUT2D eigenvalue weighted by atomic mass is 32.2. The second kappa shape index (κ2) is 7.18. The maximum Gasteiger partial charge on any atom is 0.273 e. The van der Waals surface area contributed by atoms with Crippen LogP contribution in [0.15, 0.2) is 58.3 Å². The number of nitrogens with zero attached hydrogens (tertiary/aromatic N) is 3. The number of ether oxygens (including phenoxy) is 1. The van der Waals surface area contributed by atoms with Crippen molar-refractivity contribution >= 4 is 23.7 Å². The Hall–Kier alpha value is -2.80. The van der Waals surface area contributed by atoms with E-state index in [0.29, 0.717) is 22.5 Å². The molecule has 3 rings (SSSR count). The molecule has 1 aromatic carbocycles. The minimum atomic E-state index is -0.296. The van der Waals surface area contributed by atoms with Crippen LogP contribution in [0.1, 0.15) is 10.4 Å². The average molecular weight is 341 g/mol. The van der Waals surface area contributed by atoms with Crippen molar-refractivity contribution in [2.24, 2.45) is 0 Å². The number of aromatic nitrogens is 3. The molecule has 0 saturated heterocycles. The van der Waals surface area contributed by atoms with Crippen LogP contribution in [-0.4, -0.2) is 34.0 Å². The topological polar surface area (TPSA) is 70.2 Å². The van der Waals surface area contributed by atoms with Gasteiger partial charge in [-0.25, -0.2) is 0 Å². The van der Waals surface area contributed by atoms with E-state index in [1.165, 1.54) is 28.8 Å². The molecule has 0 spiro atoms. The van der Waals surface area contributed by atoms with Gasteiger partial charge in [-0.3, -0.25) is 4.79 Å². The Bertz CT molecular complexity index is 869. The van der Waals surface area contributed by atoms with Gasteiger partial charge in [0.05, 0.1) is 13.4 Å². The quantitative estimate of drug-likeness (QED) is 0.521. The van der Waals surface area contributed by atoms with Gasteiger partial charge < -0.3 is 9.15 Å². The van der Waals surface area contributed by atoms with Gasteiger partial charge >= 0.3 is 0 Å². The lowest BCUT2D eigenvalue weighted by Gasteiger charge is -2.03. The van der Waals surface area contributed by atoms with Gasteiger partial charge in [0, 0.05) is 11.6 Å². The first-order valence-electron chi connectivity index (χ1n) is 7.13. The molecule has 0 fully saturated rings. The highest BCUT2D eigenvalue weighted by molar-refractivity contribution is 7.98. The largest absolute Gasteiger partial charge is 0.496 e. The van der Waals surface area contributed by atoms with Crippen LogP contribution in [0, 0.1) is 0 Å². The molecule has 0 N–H and O–H groups in total. The van der Waals surface area contributed by atoms with Crippen molar-refractivity contribution in [2.75, 3.05) is 13.4 Å². The monoisotopic (exact) mass is 341 g/mol. The zero-order valence-corrected chi connectivity index (χ0v) is 14.0. The molecule has 0 bridgehead atoms. The molecular formula is C17H15N3O3S. The predicted molar refractivity (Wildman–Crippen MR) is 92.2 cm³/mol. The summed E-state index contributed by atoms with van der Waals surface area (Å²) in [6.45, 7) is 0. The van der Waals surface area contributed by atoms with Crippen LogP contribution in [0.3, 0.4) is 0 Å². The van der Waals surface area contributed by atoms with E-state index in [-0.39, 0.29) is 5.91 Å². The zero-order valence-electron chi connectivity index (χ0n) is 13.2. The van der Waals surface area contributed by atoms with Crippen LogP contribution >= 0.6 is 11.8 Å². The van der Waals surface area contributed by atoms with Gasteiger partial charge in [-0.15, -0.1) is 5.10 Å². The molecule has 0 aliphatic carbocycles. The second-order valence-corrected chi connectivity index (χ2v) is 5.50. The zero-order chi connectivity index (χ0) is 16.9. The number of carbonyl (C=O) groups excluding carboxylic acids is 1. The van der Waals surface area contributed by atoms with Crippen molar-refractivity contribution in [1.82, 2.24) is 14.8 Å². The molecular weight excluding hydrogens is 326 g/mol. The van der Waals surface area contributed by atoms with E-state index in [0.717, 1.165) is 5.56 Å². The number of para-hydroxylation sites is 1. The average Bonchev–Trinajstić information content (AvgIpc) is 3.28. The predicted octanol–water partition coefficient (Wildman–Crippen LogP) is 3.62. The van der Waals surface area contributed by atoms with Gasteiger partial charge in [-0.2, -0.15) is 9.67 Å². The summed E-state index contributed by atoms with van der Waals surface area (Å²) in [5.74, 6) is 1.30. The fourth-order valence-electron chi connectivity index (χ4n) is 2.12. The molecule has 0 radical (unpaired) electrons. The Balaban J connectivity index is 1.88. The van der Waals surface area contributed by atoms with Crippen molar-refractivity contribution < 1.29 is 13.9 Å². The number of methoxy groups -OCH3 is 1. The molecule has 0 aliphatic heterocycles. The summed E-state index contributed by atoms with van der Waals surface area (Å²) in [6.07, 6.45) is 6.51. The molecule has 0 aliphatic rings. The van der Waals surface area contributed by atoms with E-state index in [2.05, 4.69) is 10.1 Å². The van der Waals surface area contributed by atoms with E-state index in [1.807, 2.05) is 30.5 Å². The summed E-state index contributed by atoms with van der Waals surface area (Å²) in [6, 6.07) is 11.0. The number of allylic oxidation sites excluding steroid dienone is 1. The van der Waals surface area contributed by atoms with E-state index in [4.69, 9.17) is 9.15 Å². The number of hydrogen-bond donors (Lipinski definition) is 0. The Kier molecular flexibility index (Phi) is 4.81. The summed E-state index contributed by atoms with van der Waals surface area (Å²) in [7, 11) is 1.59. The van der Waals surface area contributed by atoms with Gasteiger partial charge in [0.1, 0.15) is 5.75 Å². The van der Waals surface area contributed by atoms with Crippen molar-refractivity contribution in [2.45, 2.75) is 5.16 Å². The summed E-state index contributed by atoms with van der Waals surface area (Å²) >= 11 is 1.34. The Morgan fingerprint density at radius 1 is 1.29 bits per heavy atom. The van der Waals surface area contributed by atoms with Crippen molar-refractivity contribution in [3.8, 4) is 17.3 Å². The van der Waals surface area contributed by atoms with Gasteiger partial charge in [0.15, 0.2) is 10.9 Å². The van der Waals surface area contributed by atoms with Gasteiger partial charge in [0.2, 0.25) is 5.82 Å². The minimum absolute atomic E-state index is 0.296. The maximum atomic E-state index is 12.5. The number of thioether (sulfide) groups is 1. The minimum Gasteiger partial charge on any atom is -0.496 e. The molecule has 6 nitrogen and oxygen atoms in total. The summed E-state index contributed by atoms with van der Waals surface area (Å²) in [5.41, 5.74) is 0.811. The first-order chi connectivity index (χ1) is 11.7. The van der Waals surface area contributed by atoms with Crippen LogP contribution in [0.4, 0.5) is 0 Å². The normalized spacial score (nSPS) is 11.1. The van der Waals surface area contributed by atoms with Crippen molar-refractivity contribution in [3.05, 3.63) is 54.3 Å². The van der Waals surface area contributed by atoms with Gasteiger partial charge in [-0.05, 0) is 30.5 Å². The van der Waals surface area contributed by atoms with E-state index in [9.17, 15) is 4.79 Å². The Labute approximate surface area is 143 Å². The third-order valence-electron chi connectivity index (χ3n) is 3.25. The summed E-state index contributed by atoms with van der Waals surface area (Å²) in [4.78, 5) is 16.8. The number of carbonyl (C=O) groups is 1. The first-order valence-corrected chi connectivity index (χ1v) is 8.35. The lowest BCUT2D eigenvalue weighted by molar-refractivity contribution is 0.0944. The molecule has 0 saturated carbocycles. The number of benzene rings is 1. The van der Waals surface area contributed by atoms with Crippen molar-refractivity contribution in [3.63, 3.8) is 0 Å². The highest BCUT2D eigenvalue weighted by Gasteiger charge is 2.16. The number of rotatable bonds is 5. The van der Waals surface area contributed by atoms with Crippen molar-refractivity contribution in [1.29, 1.82) is 0 Å². The third-order valence-corrected chi connectivity index (χ3v) is 3.88. The molecule has 0 unspecified atom stereocenters. The molecule has 7 heteroatoms. The van der Waals surface area contributed by atoms with Gasteiger partial charge in [-0.1, -0.05) is 30.0 Å².